The van der Waals surface area contributed by atoms with Crippen molar-refractivity contribution < 1.29 is 4.74 Å². The van der Waals surface area contributed by atoms with Gasteiger partial charge >= 0.3 is 0 Å². The van der Waals surface area contributed by atoms with Crippen LogP contribution in [0.25, 0.3) is 0 Å². The van der Waals surface area contributed by atoms with Crippen molar-refractivity contribution in [1.82, 2.24) is 15.3 Å². The number of nitrogens with zero attached hydrogens (tertiary/aromatic N) is 3. The molecule has 0 amide bonds. The van der Waals surface area contributed by atoms with Gasteiger partial charge in [0.1, 0.15) is 12.1 Å². The monoisotopic (exact) mass is 234 g/mol. The molecule has 1 aromatic rings. The molecule has 1 N–H and O–H groups in total. The molecule has 0 radical (unpaired) electrons. The predicted octanol–water partition coefficient (Wildman–Crippen LogP) is 0.592. The normalized spacial score (nSPS) is 27.3. The lowest BCUT2D eigenvalue weighted by Crippen LogP contribution is -2.35. The average Bonchev–Trinajstić information content (AvgIpc) is 2.92. The van der Waals surface area contributed by atoms with E-state index in [0.717, 1.165) is 36.9 Å². The van der Waals surface area contributed by atoms with E-state index in [1.54, 1.807) is 13.4 Å². The Balaban J connectivity index is 1.94. The van der Waals surface area contributed by atoms with Gasteiger partial charge in [0.25, 0.3) is 0 Å². The van der Waals surface area contributed by atoms with Gasteiger partial charge in [-0.2, -0.15) is 0 Å². The fourth-order valence-electron chi connectivity index (χ4n) is 3.03. The molecule has 2 aliphatic rings. The van der Waals surface area contributed by atoms with Crippen molar-refractivity contribution in [2.45, 2.75) is 19.4 Å². The molecule has 3 heterocycles. The minimum Gasteiger partial charge on any atom is -0.481 e. The molecule has 2 atom stereocenters. The number of anilines is 1. The first-order valence-electron chi connectivity index (χ1n) is 6.14. The van der Waals surface area contributed by atoms with Crippen LogP contribution in [0, 0.1) is 12.8 Å². The number of hydrogen-bond acceptors (Lipinski definition) is 5. The van der Waals surface area contributed by atoms with E-state index < -0.39 is 0 Å². The van der Waals surface area contributed by atoms with Crippen molar-refractivity contribution in [3.63, 3.8) is 0 Å². The topological polar surface area (TPSA) is 50.3 Å². The zero-order valence-corrected chi connectivity index (χ0v) is 10.3. The van der Waals surface area contributed by atoms with Gasteiger partial charge in [0.05, 0.1) is 12.7 Å². The van der Waals surface area contributed by atoms with E-state index in [0.29, 0.717) is 11.9 Å². The lowest BCUT2D eigenvalue weighted by atomic mass is 10.1. The van der Waals surface area contributed by atoms with Crippen molar-refractivity contribution in [2.24, 2.45) is 5.92 Å². The summed E-state index contributed by atoms with van der Waals surface area (Å²) < 4.78 is 5.26. The van der Waals surface area contributed by atoms with E-state index >= 15 is 0 Å². The third kappa shape index (κ3) is 1.65. The van der Waals surface area contributed by atoms with Gasteiger partial charge in [-0.3, -0.25) is 0 Å². The van der Waals surface area contributed by atoms with Gasteiger partial charge in [-0.1, -0.05) is 0 Å². The number of nitrogens with one attached hydrogen (secondary N) is 1. The maximum atomic E-state index is 5.26. The Morgan fingerprint density at radius 3 is 3.12 bits per heavy atom. The second-order valence-corrected chi connectivity index (χ2v) is 4.80. The number of aromatic nitrogens is 2. The van der Waals surface area contributed by atoms with Crippen molar-refractivity contribution in [3.05, 3.63) is 11.9 Å². The van der Waals surface area contributed by atoms with E-state index in [-0.39, 0.29) is 0 Å². The molecule has 3 rings (SSSR count). The molecule has 0 aromatic carbocycles. The first-order valence-corrected chi connectivity index (χ1v) is 6.14. The van der Waals surface area contributed by atoms with Gasteiger partial charge in [-0.05, 0) is 19.3 Å². The van der Waals surface area contributed by atoms with Crippen molar-refractivity contribution in [2.75, 3.05) is 31.6 Å². The summed E-state index contributed by atoms with van der Waals surface area (Å²) in [6.45, 7) is 5.33. The third-order valence-corrected chi connectivity index (χ3v) is 3.92. The van der Waals surface area contributed by atoms with Crippen LogP contribution in [-0.2, 0) is 0 Å². The van der Waals surface area contributed by atoms with Crippen LogP contribution in [0.1, 0.15) is 12.0 Å². The predicted molar refractivity (Wildman–Crippen MR) is 65.4 cm³/mol. The lowest BCUT2D eigenvalue weighted by Gasteiger charge is -2.26. The molecule has 92 valence electrons. The quantitative estimate of drug-likeness (QED) is 0.811. The number of fused-ring (bicyclic) bond motifs is 1. The highest BCUT2D eigenvalue weighted by Gasteiger charge is 2.38. The fraction of sp³-hybridized carbons (Fsp3) is 0.667. The molecule has 5 nitrogen and oxygen atoms in total. The minimum absolute atomic E-state index is 0.591. The van der Waals surface area contributed by atoms with Crippen LogP contribution in [0.15, 0.2) is 6.33 Å². The highest BCUT2D eigenvalue weighted by Crippen LogP contribution is 2.34. The minimum atomic E-state index is 0.591. The van der Waals surface area contributed by atoms with Crippen molar-refractivity contribution in [1.29, 1.82) is 0 Å². The van der Waals surface area contributed by atoms with E-state index in [9.17, 15) is 0 Å². The summed E-state index contributed by atoms with van der Waals surface area (Å²) in [6.07, 6.45) is 2.85. The molecule has 0 unspecified atom stereocenters. The summed E-state index contributed by atoms with van der Waals surface area (Å²) in [6, 6.07) is 0.591. The van der Waals surface area contributed by atoms with Gasteiger partial charge in [0.2, 0.25) is 5.88 Å². The number of hydrogen-bond donors (Lipinski definition) is 1. The van der Waals surface area contributed by atoms with Gasteiger partial charge in [-0.25, -0.2) is 9.97 Å². The number of rotatable bonds is 2. The van der Waals surface area contributed by atoms with E-state index in [1.165, 1.54) is 6.42 Å². The molecule has 0 aliphatic carbocycles. The standard InChI is InChI=1S/C12H18N4O/c1-8-11(14-7-15-12(8)17-2)16-4-3-9-5-13-6-10(9)16/h7,9-10,13H,3-6H2,1-2H3/t9-,10+/m0/s1. The maximum Gasteiger partial charge on any atom is 0.221 e. The summed E-state index contributed by atoms with van der Waals surface area (Å²) in [5.74, 6) is 2.49. The smallest absolute Gasteiger partial charge is 0.221 e. The summed E-state index contributed by atoms with van der Waals surface area (Å²) >= 11 is 0. The molecule has 2 aliphatic heterocycles. The first-order chi connectivity index (χ1) is 8.31. The van der Waals surface area contributed by atoms with Crippen LogP contribution in [0.3, 0.4) is 0 Å². The van der Waals surface area contributed by atoms with Crippen molar-refractivity contribution in [3.8, 4) is 5.88 Å². The first kappa shape index (κ1) is 10.8. The Kier molecular flexibility index (Phi) is 2.63. The number of methoxy groups -OCH3 is 1. The molecule has 2 saturated heterocycles. The van der Waals surface area contributed by atoms with Gasteiger partial charge < -0.3 is 15.0 Å². The molecule has 0 spiro atoms. The van der Waals surface area contributed by atoms with Crippen LogP contribution >= 0.6 is 0 Å². The zero-order valence-electron chi connectivity index (χ0n) is 10.3. The molecule has 0 saturated carbocycles. The maximum absolute atomic E-state index is 5.26. The SMILES string of the molecule is COc1ncnc(N2CC[C@H]3CNC[C@H]32)c1C. The largest absolute Gasteiger partial charge is 0.481 e. The molecule has 17 heavy (non-hydrogen) atoms. The Labute approximate surface area is 101 Å². The van der Waals surface area contributed by atoms with E-state index in [2.05, 4.69) is 20.2 Å². The van der Waals surface area contributed by atoms with Crippen molar-refractivity contribution >= 4 is 5.82 Å². The highest BCUT2D eigenvalue weighted by atomic mass is 16.5. The Morgan fingerprint density at radius 1 is 1.41 bits per heavy atom. The molecule has 5 heteroatoms. The van der Waals surface area contributed by atoms with Crippen LogP contribution in [0.2, 0.25) is 0 Å². The summed E-state index contributed by atoms with van der Waals surface area (Å²) in [4.78, 5) is 11.0. The Bertz CT molecular complexity index is 423. The molecular formula is C12H18N4O. The summed E-state index contributed by atoms with van der Waals surface area (Å²) in [5, 5.41) is 3.46. The van der Waals surface area contributed by atoms with Gasteiger partial charge in [0, 0.05) is 25.7 Å². The zero-order chi connectivity index (χ0) is 11.8. The molecule has 0 bridgehead atoms. The molecular weight excluding hydrogens is 216 g/mol. The second-order valence-electron chi connectivity index (χ2n) is 4.80. The van der Waals surface area contributed by atoms with Crippen LogP contribution < -0.4 is 15.0 Å². The number of ether oxygens (including phenoxy) is 1. The van der Waals surface area contributed by atoms with Crippen LogP contribution in [0.4, 0.5) is 5.82 Å². The highest BCUT2D eigenvalue weighted by molar-refractivity contribution is 5.52. The van der Waals surface area contributed by atoms with E-state index in [1.807, 2.05) is 6.92 Å². The van der Waals surface area contributed by atoms with E-state index in [4.69, 9.17) is 4.74 Å². The van der Waals surface area contributed by atoms with Gasteiger partial charge in [0.15, 0.2) is 0 Å². The summed E-state index contributed by atoms with van der Waals surface area (Å²) in [7, 11) is 1.66. The lowest BCUT2D eigenvalue weighted by molar-refractivity contribution is 0.393. The van der Waals surface area contributed by atoms with Gasteiger partial charge in [-0.15, -0.1) is 0 Å². The Morgan fingerprint density at radius 2 is 2.29 bits per heavy atom. The molecule has 1 aromatic heterocycles. The van der Waals surface area contributed by atoms with Crippen LogP contribution in [-0.4, -0.2) is 42.8 Å². The molecule has 2 fully saturated rings. The second kappa shape index (κ2) is 4.14. The third-order valence-electron chi connectivity index (χ3n) is 3.92. The van der Waals surface area contributed by atoms with Crippen LogP contribution in [0.5, 0.6) is 5.88 Å². The summed E-state index contributed by atoms with van der Waals surface area (Å²) in [5.41, 5.74) is 1.04. The Hall–Kier alpha value is -1.36. The fourth-order valence-corrected chi connectivity index (χ4v) is 3.03. The average molecular weight is 234 g/mol.